The highest BCUT2D eigenvalue weighted by atomic mass is 19.1. The quantitative estimate of drug-likeness (QED) is 0.208. The lowest BCUT2D eigenvalue weighted by Gasteiger charge is -2.50. The predicted octanol–water partition coefficient (Wildman–Crippen LogP) is 0.336. The van der Waals surface area contributed by atoms with Gasteiger partial charge in [-0.2, -0.15) is 0 Å². The summed E-state index contributed by atoms with van der Waals surface area (Å²) in [4.78, 5) is 40.7. The van der Waals surface area contributed by atoms with E-state index in [1.807, 2.05) is 0 Å². The Kier molecular flexibility index (Phi) is 5.24. The molecule has 0 bridgehead atoms. The number of hydrogen-bond acceptors (Lipinski definition) is 10. The number of aliphatic hydroxyl groups excluding tert-OH is 2. The van der Waals surface area contributed by atoms with Crippen LogP contribution in [-0.2, 0) is 16.0 Å². The van der Waals surface area contributed by atoms with Crippen molar-refractivity contribution in [3.63, 3.8) is 0 Å². The van der Waals surface area contributed by atoms with E-state index in [0.717, 1.165) is 6.42 Å². The lowest BCUT2D eigenvalue weighted by molar-refractivity contribution is -0.148. The Morgan fingerprint density at radius 3 is 2.58 bits per heavy atom. The van der Waals surface area contributed by atoms with E-state index >= 15 is 4.39 Å². The molecule has 38 heavy (non-hydrogen) atoms. The number of rotatable bonds is 2. The minimum absolute atomic E-state index is 0.00974. The minimum Gasteiger partial charge on any atom is -0.510 e. The fourth-order valence-electron chi connectivity index (χ4n) is 7.38. The number of carbonyl (C=O) groups is 3. The molecule has 2 aliphatic heterocycles. The summed E-state index contributed by atoms with van der Waals surface area (Å²) in [5.41, 5.74) is 1.49. The Hall–Kier alpha value is -3.48. The third-order valence-electron chi connectivity index (χ3n) is 9.06. The highest BCUT2D eigenvalue weighted by Crippen LogP contribution is 2.55. The molecule has 0 aromatic heterocycles. The maximum Gasteiger partial charge on any atom is 0.255 e. The van der Waals surface area contributed by atoms with Gasteiger partial charge in [0.05, 0.1) is 17.3 Å². The van der Waals surface area contributed by atoms with Crippen LogP contribution >= 0.6 is 0 Å². The second-order valence-corrected chi connectivity index (χ2v) is 11.1. The SMILES string of the molecule is CN(C)[C@@H]1C(O)=C(C(N)=O)C(=O)[C@@]2(O)C(O)=C3C(=O)c4c(O)c5c(c(F)c4C[C@H]3C[C@@H]12)C1NCCC1CN5. The van der Waals surface area contributed by atoms with Gasteiger partial charge in [-0.25, -0.2) is 4.39 Å². The summed E-state index contributed by atoms with van der Waals surface area (Å²) in [7, 11) is 3.10. The van der Waals surface area contributed by atoms with Gasteiger partial charge in [-0.1, -0.05) is 0 Å². The molecule has 5 aliphatic rings. The second-order valence-electron chi connectivity index (χ2n) is 11.1. The molecular weight excluding hydrogens is 499 g/mol. The van der Waals surface area contributed by atoms with Crippen molar-refractivity contribution in [2.75, 3.05) is 32.5 Å². The number of anilines is 1. The van der Waals surface area contributed by atoms with Crippen molar-refractivity contribution in [3.8, 4) is 5.75 Å². The topological polar surface area (TPSA) is 185 Å². The number of phenols is 1. The van der Waals surface area contributed by atoms with Crippen molar-refractivity contribution in [3.05, 3.63) is 45.2 Å². The van der Waals surface area contributed by atoms with Gasteiger partial charge >= 0.3 is 0 Å². The number of aliphatic hydroxyl groups is 3. The normalized spacial score (nSPS) is 33.9. The molecule has 0 spiro atoms. The zero-order valence-electron chi connectivity index (χ0n) is 20.8. The average Bonchev–Trinajstić information content (AvgIpc) is 3.33. The van der Waals surface area contributed by atoms with E-state index in [9.17, 15) is 34.8 Å². The Labute approximate surface area is 216 Å². The number of ketones is 2. The summed E-state index contributed by atoms with van der Waals surface area (Å²) < 4.78 is 16.1. The van der Waals surface area contributed by atoms with Gasteiger partial charge in [0, 0.05) is 35.2 Å². The smallest absolute Gasteiger partial charge is 0.255 e. The summed E-state index contributed by atoms with van der Waals surface area (Å²) >= 11 is 0. The Morgan fingerprint density at radius 2 is 1.92 bits per heavy atom. The molecule has 0 saturated carbocycles. The standard InChI is InChI=1S/C26H29FN4O7/c1-31(2)19-11-6-9-5-10-13(21(33)18-14(16(10)27)17-8(7-30-18)3-4-29-17)20(32)12(9)23(35)26(11,38)24(36)15(22(19)34)25(28)37/h8-9,11,17,19,29-30,33-35,38H,3-7H2,1-2H3,(H2,28,37)/t8?,9-,11-,17?,19-,26-/m0/s1. The van der Waals surface area contributed by atoms with Crippen LogP contribution in [0.3, 0.4) is 0 Å². The number of likely N-dealkylation sites (N-methyl/N-ethyl adjacent to an activating group) is 1. The maximum atomic E-state index is 16.1. The molecule has 11 nitrogen and oxygen atoms in total. The average molecular weight is 529 g/mol. The summed E-state index contributed by atoms with van der Waals surface area (Å²) in [6.07, 6.45) is 0.658. The van der Waals surface area contributed by atoms with E-state index < -0.39 is 69.6 Å². The summed E-state index contributed by atoms with van der Waals surface area (Å²) in [5, 5.41) is 51.3. The second kappa shape index (κ2) is 8.01. The molecular formula is C26H29FN4O7. The Morgan fingerprint density at radius 1 is 1.21 bits per heavy atom. The lowest BCUT2D eigenvalue weighted by Crippen LogP contribution is -2.63. The third kappa shape index (κ3) is 2.90. The van der Waals surface area contributed by atoms with Gasteiger partial charge in [0.15, 0.2) is 17.1 Å². The zero-order valence-corrected chi connectivity index (χ0v) is 20.8. The van der Waals surface area contributed by atoms with Crippen LogP contribution in [0.25, 0.3) is 0 Å². The summed E-state index contributed by atoms with van der Waals surface area (Å²) in [6, 6.07) is -1.42. The van der Waals surface area contributed by atoms with Crippen LogP contribution < -0.4 is 16.4 Å². The molecule has 1 amide bonds. The van der Waals surface area contributed by atoms with Crippen molar-refractivity contribution >= 4 is 23.2 Å². The number of primary amides is 1. The molecule has 6 rings (SSSR count). The van der Waals surface area contributed by atoms with E-state index in [-0.39, 0.29) is 52.8 Å². The predicted molar refractivity (Wildman–Crippen MR) is 131 cm³/mol. The number of amides is 1. The molecule has 3 aliphatic carbocycles. The highest BCUT2D eigenvalue weighted by Gasteiger charge is 2.63. The van der Waals surface area contributed by atoms with Crippen LogP contribution in [0.4, 0.5) is 10.1 Å². The van der Waals surface area contributed by atoms with Crippen LogP contribution in [0.1, 0.15) is 40.4 Å². The molecule has 1 aromatic rings. The highest BCUT2D eigenvalue weighted by molar-refractivity contribution is 6.25. The van der Waals surface area contributed by atoms with Gasteiger partial charge in [-0.15, -0.1) is 0 Å². The number of aromatic hydroxyl groups is 1. The van der Waals surface area contributed by atoms with Crippen molar-refractivity contribution in [1.82, 2.24) is 10.2 Å². The Balaban J connectivity index is 1.55. The van der Waals surface area contributed by atoms with Gasteiger partial charge < -0.3 is 36.8 Å². The summed E-state index contributed by atoms with van der Waals surface area (Å²) in [6.45, 7) is 1.18. The van der Waals surface area contributed by atoms with E-state index in [2.05, 4.69) is 10.6 Å². The molecule has 6 atom stereocenters. The largest absolute Gasteiger partial charge is 0.510 e. The van der Waals surface area contributed by atoms with E-state index in [0.29, 0.717) is 13.1 Å². The third-order valence-corrected chi connectivity index (χ3v) is 9.06. The lowest BCUT2D eigenvalue weighted by atomic mass is 9.58. The number of nitrogens with two attached hydrogens (primary N) is 1. The number of nitrogens with zero attached hydrogens (tertiary/aromatic N) is 1. The molecule has 12 heteroatoms. The fourth-order valence-corrected chi connectivity index (χ4v) is 7.38. The molecule has 202 valence electrons. The number of phenolic OH excluding ortho intramolecular Hbond substituents is 1. The number of halogens is 1. The van der Waals surface area contributed by atoms with E-state index in [1.165, 1.54) is 4.90 Å². The summed E-state index contributed by atoms with van der Waals surface area (Å²) in [5.74, 6) is -8.04. The molecule has 0 radical (unpaired) electrons. The van der Waals surface area contributed by atoms with Gasteiger partial charge in [0.1, 0.15) is 22.9 Å². The number of hydrogen-bond donors (Lipinski definition) is 7. The first-order chi connectivity index (χ1) is 17.9. The van der Waals surface area contributed by atoms with Crippen molar-refractivity contribution in [2.45, 2.75) is 36.9 Å². The van der Waals surface area contributed by atoms with Gasteiger partial charge in [0.25, 0.3) is 5.91 Å². The maximum absolute atomic E-state index is 16.1. The van der Waals surface area contributed by atoms with Crippen LogP contribution in [-0.4, -0.2) is 81.6 Å². The number of benzene rings is 1. The number of fused-ring (bicyclic) bond motifs is 6. The molecule has 2 unspecified atom stereocenters. The minimum atomic E-state index is -2.73. The number of carbonyl (C=O) groups excluding carboxylic acids is 3. The fraction of sp³-hybridized carbons (Fsp3) is 0.500. The van der Waals surface area contributed by atoms with Crippen LogP contribution in [0.15, 0.2) is 22.7 Å². The Bertz CT molecular complexity index is 1400. The van der Waals surface area contributed by atoms with Crippen molar-refractivity contribution in [1.29, 1.82) is 0 Å². The molecule has 8 N–H and O–H groups in total. The van der Waals surface area contributed by atoms with Gasteiger partial charge in [-0.05, 0) is 51.7 Å². The molecule has 1 saturated heterocycles. The molecule has 2 heterocycles. The monoisotopic (exact) mass is 528 g/mol. The van der Waals surface area contributed by atoms with Crippen molar-refractivity contribution in [2.24, 2.45) is 23.5 Å². The molecule has 1 aromatic carbocycles. The first kappa shape index (κ1) is 24.8. The van der Waals surface area contributed by atoms with Gasteiger partial charge in [0.2, 0.25) is 5.78 Å². The molecule has 1 fully saturated rings. The van der Waals surface area contributed by atoms with Crippen LogP contribution in [0.5, 0.6) is 5.75 Å². The van der Waals surface area contributed by atoms with Gasteiger partial charge in [-0.3, -0.25) is 19.3 Å². The van der Waals surface area contributed by atoms with E-state index in [4.69, 9.17) is 5.73 Å². The number of allylic oxidation sites excluding steroid dienone is 1. The van der Waals surface area contributed by atoms with E-state index in [1.54, 1.807) is 14.1 Å². The van der Waals surface area contributed by atoms with Crippen molar-refractivity contribution < 1.29 is 39.2 Å². The number of nitrogens with one attached hydrogen (secondary N) is 2. The number of Topliss-reactive ketones (excluding diaryl/α,β-unsaturated/α-hetero) is 2. The first-order valence-electron chi connectivity index (χ1n) is 12.6. The van der Waals surface area contributed by atoms with Crippen LogP contribution in [0.2, 0.25) is 0 Å². The van der Waals surface area contributed by atoms with Crippen LogP contribution in [0, 0.1) is 23.6 Å². The zero-order chi connectivity index (χ0) is 27.4. The first-order valence-corrected chi connectivity index (χ1v) is 12.6.